The number of benzene rings is 1. The van der Waals surface area contributed by atoms with E-state index in [0.29, 0.717) is 35.1 Å². The van der Waals surface area contributed by atoms with Crippen molar-refractivity contribution in [1.29, 1.82) is 0 Å². The van der Waals surface area contributed by atoms with Crippen LogP contribution in [0.3, 0.4) is 0 Å². The van der Waals surface area contributed by atoms with Crippen LogP contribution in [0.4, 0.5) is 0 Å². The molecule has 6 heteroatoms. The number of amides is 1. The van der Waals surface area contributed by atoms with Crippen molar-refractivity contribution >= 4 is 15.9 Å². The molecule has 0 radical (unpaired) electrons. The number of primary sulfonamides is 1. The van der Waals surface area contributed by atoms with Crippen LogP contribution < -0.4 is 10.5 Å². The van der Waals surface area contributed by atoms with Crippen molar-refractivity contribution in [3.05, 3.63) is 28.3 Å². The lowest BCUT2D eigenvalue weighted by molar-refractivity contribution is 0.0950. The quantitative estimate of drug-likeness (QED) is 0.886. The molecule has 2 unspecified atom stereocenters. The van der Waals surface area contributed by atoms with Gasteiger partial charge in [0.2, 0.25) is 10.0 Å². The number of rotatable bonds is 4. The van der Waals surface area contributed by atoms with Gasteiger partial charge in [-0.2, -0.15) is 0 Å². The zero-order chi connectivity index (χ0) is 15.9. The molecule has 1 saturated carbocycles. The second-order valence-corrected chi connectivity index (χ2v) is 7.57. The third-order valence-electron chi connectivity index (χ3n) is 4.21. The lowest BCUT2D eigenvalue weighted by Crippen LogP contribution is -2.28. The minimum atomic E-state index is -3.84. The van der Waals surface area contributed by atoms with E-state index >= 15 is 0 Å². The van der Waals surface area contributed by atoms with Gasteiger partial charge in [-0.1, -0.05) is 13.0 Å². The van der Waals surface area contributed by atoms with Gasteiger partial charge < -0.3 is 5.32 Å². The zero-order valence-corrected chi connectivity index (χ0v) is 13.7. The van der Waals surface area contributed by atoms with E-state index in [9.17, 15) is 13.2 Å². The van der Waals surface area contributed by atoms with Crippen LogP contribution in [-0.2, 0) is 10.0 Å². The average molecular weight is 310 g/mol. The molecule has 1 aromatic carbocycles. The van der Waals surface area contributed by atoms with Crippen molar-refractivity contribution in [3.8, 4) is 0 Å². The molecule has 0 bridgehead atoms. The third kappa shape index (κ3) is 3.27. The molecule has 1 aliphatic rings. The Hall–Kier alpha value is -1.40. The summed E-state index contributed by atoms with van der Waals surface area (Å²) in [4.78, 5) is 12.4. The number of carbonyl (C=O) groups is 1. The number of carbonyl (C=O) groups excluding carboxylic acids is 1. The predicted molar refractivity (Wildman–Crippen MR) is 81.6 cm³/mol. The summed E-state index contributed by atoms with van der Waals surface area (Å²) in [5.74, 6) is 0.970. The molecule has 2 atom stereocenters. The first kappa shape index (κ1) is 16.0. The monoisotopic (exact) mass is 310 g/mol. The van der Waals surface area contributed by atoms with E-state index in [1.807, 2.05) is 6.92 Å². The molecule has 3 N–H and O–H groups in total. The fourth-order valence-electron chi connectivity index (χ4n) is 2.95. The molecule has 0 heterocycles. The molecule has 1 aromatic rings. The number of sulfonamides is 1. The third-order valence-corrected chi connectivity index (χ3v) is 5.41. The van der Waals surface area contributed by atoms with Crippen LogP contribution in [-0.4, -0.2) is 20.9 Å². The van der Waals surface area contributed by atoms with Gasteiger partial charge in [-0.15, -0.1) is 0 Å². The molecule has 1 aliphatic carbocycles. The smallest absolute Gasteiger partial charge is 0.251 e. The summed E-state index contributed by atoms with van der Waals surface area (Å²) >= 11 is 0. The Balaban J connectivity index is 2.36. The van der Waals surface area contributed by atoms with Gasteiger partial charge in [-0.25, -0.2) is 13.6 Å². The fourth-order valence-corrected chi connectivity index (χ4v) is 3.99. The van der Waals surface area contributed by atoms with E-state index in [-0.39, 0.29) is 10.8 Å². The van der Waals surface area contributed by atoms with E-state index in [4.69, 9.17) is 5.14 Å². The molecule has 21 heavy (non-hydrogen) atoms. The minimum Gasteiger partial charge on any atom is -0.352 e. The number of nitrogens with two attached hydrogens (primary N) is 1. The van der Waals surface area contributed by atoms with E-state index in [0.717, 1.165) is 12.0 Å². The maximum absolute atomic E-state index is 12.4. The number of hydrogen-bond acceptors (Lipinski definition) is 3. The summed E-state index contributed by atoms with van der Waals surface area (Å²) in [7, 11) is -3.84. The Morgan fingerprint density at radius 3 is 2.38 bits per heavy atom. The zero-order valence-electron chi connectivity index (χ0n) is 12.9. The highest BCUT2D eigenvalue weighted by molar-refractivity contribution is 7.89. The summed E-state index contributed by atoms with van der Waals surface area (Å²) in [6, 6.07) is 1.70. The largest absolute Gasteiger partial charge is 0.352 e. The molecule has 5 nitrogen and oxygen atoms in total. The minimum absolute atomic E-state index is 0.0537. The SMILES string of the molecule is Cc1cc(C)c(S(N)(=O)=O)c(C)c1C(=O)NCC1CC1C. The Morgan fingerprint density at radius 1 is 1.33 bits per heavy atom. The van der Waals surface area contributed by atoms with E-state index in [2.05, 4.69) is 12.2 Å². The molecule has 0 spiro atoms. The standard InChI is InChI=1S/C15H22N2O3S/c1-8-6-12(8)7-17-15(18)13-9(2)5-10(3)14(11(13)4)21(16,19)20/h5,8,12H,6-7H2,1-4H3,(H,17,18)(H2,16,19,20). The molecular weight excluding hydrogens is 288 g/mol. The topological polar surface area (TPSA) is 89.3 Å². The van der Waals surface area contributed by atoms with Crippen LogP contribution >= 0.6 is 0 Å². The Kier molecular flexibility index (Phi) is 4.13. The van der Waals surface area contributed by atoms with Gasteiger partial charge in [0.05, 0.1) is 4.90 Å². The summed E-state index contributed by atoms with van der Waals surface area (Å²) in [5, 5.41) is 8.16. The second-order valence-electron chi connectivity index (χ2n) is 6.07. The average Bonchev–Trinajstić information content (AvgIpc) is 2.99. The Labute approximate surface area is 126 Å². The highest BCUT2D eigenvalue weighted by atomic mass is 32.2. The lowest BCUT2D eigenvalue weighted by atomic mass is 9.99. The number of nitrogens with one attached hydrogen (secondary N) is 1. The molecule has 2 rings (SSSR count). The molecule has 116 valence electrons. The Bertz CT molecular complexity index is 695. The van der Waals surface area contributed by atoms with Gasteiger partial charge in [-0.3, -0.25) is 4.79 Å². The molecule has 0 aromatic heterocycles. The summed E-state index contributed by atoms with van der Waals surface area (Å²) in [5.41, 5.74) is 2.17. The summed E-state index contributed by atoms with van der Waals surface area (Å²) in [6.45, 7) is 7.92. The maximum Gasteiger partial charge on any atom is 0.251 e. The molecular formula is C15H22N2O3S. The van der Waals surface area contributed by atoms with Crippen LogP contribution in [0, 0.1) is 32.6 Å². The van der Waals surface area contributed by atoms with Crippen LogP contribution in [0.5, 0.6) is 0 Å². The molecule has 0 saturated heterocycles. The van der Waals surface area contributed by atoms with Crippen molar-refractivity contribution < 1.29 is 13.2 Å². The van der Waals surface area contributed by atoms with Gasteiger partial charge in [0.15, 0.2) is 0 Å². The highest BCUT2D eigenvalue weighted by Crippen LogP contribution is 2.36. The highest BCUT2D eigenvalue weighted by Gasteiger charge is 2.33. The van der Waals surface area contributed by atoms with Gasteiger partial charge in [-0.05, 0) is 55.7 Å². The van der Waals surface area contributed by atoms with E-state index < -0.39 is 10.0 Å². The van der Waals surface area contributed by atoms with Crippen LogP contribution in [0.15, 0.2) is 11.0 Å². The Morgan fingerprint density at radius 2 is 1.90 bits per heavy atom. The van der Waals surface area contributed by atoms with Crippen molar-refractivity contribution in [1.82, 2.24) is 5.32 Å². The first-order valence-corrected chi connectivity index (χ1v) is 8.59. The van der Waals surface area contributed by atoms with Crippen LogP contribution in [0.2, 0.25) is 0 Å². The summed E-state index contributed by atoms with van der Waals surface area (Å²) < 4.78 is 23.5. The first-order valence-electron chi connectivity index (χ1n) is 7.04. The molecule has 1 fully saturated rings. The number of aryl methyl sites for hydroxylation is 2. The van der Waals surface area contributed by atoms with E-state index in [1.165, 1.54) is 0 Å². The normalized spacial score (nSPS) is 21.2. The predicted octanol–water partition coefficient (Wildman–Crippen LogP) is 1.65. The van der Waals surface area contributed by atoms with Gasteiger partial charge >= 0.3 is 0 Å². The van der Waals surface area contributed by atoms with Crippen LogP contribution in [0.1, 0.15) is 40.4 Å². The van der Waals surface area contributed by atoms with Crippen LogP contribution in [0.25, 0.3) is 0 Å². The first-order chi connectivity index (χ1) is 9.62. The van der Waals surface area contributed by atoms with Crippen molar-refractivity contribution in [2.24, 2.45) is 17.0 Å². The van der Waals surface area contributed by atoms with Gasteiger partial charge in [0, 0.05) is 12.1 Å². The number of hydrogen-bond donors (Lipinski definition) is 2. The van der Waals surface area contributed by atoms with Crippen molar-refractivity contribution in [2.75, 3.05) is 6.54 Å². The summed E-state index contributed by atoms with van der Waals surface area (Å²) in [6.07, 6.45) is 1.13. The fraction of sp³-hybridized carbons (Fsp3) is 0.533. The second kappa shape index (κ2) is 5.42. The molecule has 0 aliphatic heterocycles. The molecule has 1 amide bonds. The van der Waals surface area contributed by atoms with Crippen molar-refractivity contribution in [2.45, 2.75) is 39.0 Å². The van der Waals surface area contributed by atoms with Gasteiger partial charge in [0.1, 0.15) is 0 Å². The van der Waals surface area contributed by atoms with Gasteiger partial charge in [0.25, 0.3) is 5.91 Å². The maximum atomic E-state index is 12.4. The van der Waals surface area contributed by atoms with Crippen molar-refractivity contribution in [3.63, 3.8) is 0 Å². The van der Waals surface area contributed by atoms with E-state index in [1.54, 1.807) is 19.9 Å². The lowest BCUT2D eigenvalue weighted by Gasteiger charge is -2.15.